The van der Waals surface area contributed by atoms with Gasteiger partial charge < -0.3 is 9.84 Å². The summed E-state index contributed by atoms with van der Waals surface area (Å²) in [5.41, 5.74) is 0.761. The van der Waals surface area contributed by atoms with Gasteiger partial charge in [0.25, 0.3) is 0 Å². The molecular formula is C18H15ClO2. The van der Waals surface area contributed by atoms with Gasteiger partial charge >= 0.3 is 0 Å². The van der Waals surface area contributed by atoms with Gasteiger partial charge in [-0.1, -0.05) is 54.1 Å². The molecule has 0 heterocycles. The van der Waals surface area contributed by atoms with Crippen LogP contribution in [0.4, 0.5) is 0 Å². The molecule has 2 nitrogen and oxygen atoms in total. The molecule has 0 fully saturated rings. The molecule has 3 rings (SSSR count). The van der Waals surface area contributed by atoms with Crippen molar-refractivity contribution in [3.8, 4) is 11.5 Å². The average molecular weight is 299 g/mol. The van der Waals surface area contributed by atoms with Crippen molar-refractivity contribution in [3.63, 3.8) is 0 Å². The van der Waals surface area contributed by atoms with Crippen LogP contribution in [0.2, 0.25) is 5.02 Å². The third-order valence-corrected chi connectivity index (χ3v) is 3.75. The van der Waals surface area contributed by atoms with Crippen molar-refractivity contribution in [1.82, 2.24) is 0 Å². The number of halogens is 1. The number of benzene rings is 3. The number of ether oxygens (including phenoxy) is 1. The lowest BCUT2D eigenvalue weighted by molar-refractivity contribution is 0.195. The highest BCUT2D eigenvalue weighted by atomic mass is 35.5. The van der Waals surface area contributed by atoms with Gasteiger partial charge in [0.05, 0.1) is 6.10 Å². The van der Waals surface area contributed by atoms with E-state index in [9.17, 15) is 5.11 Å². The molecule has 21 heavy (non-hydrogen) atoms. The second-order valence-corrected chi connectivity index (χ2v) is 5.31. The van der Waals surface area contributed by atoms with Crippen molar-refractivity contribution >= 4 is 22.4 Å². The van der Waals surface area contributed by atoms with E-state index in [0.29, 0.717) is 10.8 Å². The largest absolute Gasteiger partial charge is 0.456 e. The summed E-state index contributed by atoms with van der Waals surface area (Å²) in [4.78, 5) is 0. The topological polar surface area (TPSA) is 29.5 Å². The fourth-order valence-electron chi connectivity index (χ4n) is 2.36. The molecule has 0 aliphatic heterocycles. The van der Waals surface area contributed by atoms with E-state index in [0.717, 1.165) is 22.1 Å². The van der Waals surface area contributed by atoms with Gasteiger partial charge in [-0.2, -0.15) is 0 Å². The summed E-state index contributed by atoms with van der Waals surface area (Å²) in [5.74, 6) is 1.38. The van der Waals surface area contributed by atoms with E-state index >= 15 is 0 Å². The Labute approximate surface area is 128 Å². The van der Waals surface area contributed by atoms with Gasteiger partial charge in [-0.3, -0.25) is 0 Å². The summed E-state index contributed by atoms with van der Waals surface area (Å²) in [6.45, 7) is 1.72. The van der Waals surface area contributed by atoms with E-state index in [1.807, 2.05) is 60.7 Å². The van der Waals surface area contributed by atoms with Crippen LogP contribution >= 0.6 is 11.6 Å². The average Bonchev–Trinajstić information content (AvgIpc) is 2.51. The second-order valence-electron chi connectivity index (χ2n) is 4.91. The summed E-state index contributed by atoms with van der Waals surface area (Å²) in [7, 11) is 0. The molecule has 0 amide bonds. The highest BCUT2D eigenvalue weighted by Gasteiger charge is 2.11. The molecule has 3 aromatic carbocycles. The lowest BCUT2D eigenvalue weighted by atomic mass is 10.1. The van der Waals surface area contributed by atoms with Crippen molar-refractivity contribution in [2.24, 2.45) is 0 Å². The Balaban J connectivity index is 2.09. The highest BCUT2D eigenvalue weighted by molar-refractivity contribution is 6.35. The fourth-order valence-corrected chi connectivity index (χ4v) is 2.59. The van der Waals surface area contributed by atoms with Crippen LogP contribution in [0.15, 0.2) is 60.7 Å². The summed E-state index contributed by atoms with van der Waals surface area (Å²) in [6, 6.07) is 19.0. The first-order valence-corrected chi connectivity index (χ1v) is 7.16. The molecule has 0 bridgehead atoms. The van der Waals surface area contributed by atoms with E-state index in [1.165, 1.54) is 0 Å². The highest BCUT2D eigenvalue weighted by Crippen LogP contribution is 2.36. The van der Waals surface area contributed by atoms with E-state index < -0.39 is 6.10 Å². The van der Waals surface area contributed by atoms with E-state index in [1.54, 1.807) is 6.92 Å². The molecule has 1 N–H and O–H groups in total. The summed E-state index contributed by atoms with van der Waals surface area (Å²) in [5, 5.41) is 12.4. The normalized spacial score (nSPS) is 12.3. The number of rotatable bonds is 3. The maximum Gasteiger partial charge on any atom is 0.135 e. The predicted molar refractivity (Wildman–Crippen MR) is 86.1 cm³/mol. The monoisotopic (exact) mass is 298 g/mol. The number of hydrogen-bond acceptors (Lipinski definition) is 2. The smallest absolute Gasteiger partial charge is 0.135 e. The Morgan fingerprint density at radius 1 is 0.857 bits per heavy atom. The number of hydrogen-bond donors (Lipinski definition) is 1. The lowest BCUT2D eigenvalue weighted by Crippen LogP contribution is -1.96. The standard InChI is InChI=1S/C18H15ClO2/c1-12(20)13-6-4-5-9-17(13)21-18-11-10-16(19)14-7-2-3-8-15(14)18/h2-12,20H,1H3. The molecule has 1 unspecified atom stereocenters. The summed E-state index contributed by atoms with van der Waals surface area (Å²) >= 11 is 6.22. The van der Waals surface area contributed by atoms with Gasteiger partial charge in [0, 0.05) is 21.4 Å². The van der Waals surface area contributed by atoms with Crippen LogP contribution in [0.25, 0.3) is 10.8 Å². The van der Waals surface area contributed by atoms with Crippen LogP contribution in [0.3, 0.4) is 0 Å². The third kappa shape index (κ3) is 2.73. The maximum absolute atomic E-state index is 9.84. The van der Waals surface area contributed by atoms with E-state index in [2.05, 4.69) is 0 Å². The van der Waals surface area contributed by atoms with Gasteiger partial charge in [-0.15, -0.1) is 0 Å². The Kier molecular flexibility index (Phi) is 3.82. The number of aliphatic hydroxyl groups excluding tert-OH is 1. The fraction of sp³-hybridized carbons (Fsp3) is 0.111. The van der Waals surface area contributed by atoms with Gasteiger partial charge in [0.15, 0.2) is 0 Å². The van der Waals surface area contributed by atoms with Gasteiger partial charge in [-0.05, 0) is 25.1 Å². The zero-order valence-corrected chi connectivity index (χ0v) is 12.3. The van der Waals surface area contributed by atoms with E-state index in [4.69, 9.17) is 16.3 Å². The van der Waals surface area contributed by atoms with Crippen LogP contribution < -0.4 is 4.74 Å². The Hall–Kier alpha value is -2.03. The summed E-state index contributed by atoms with van der Waals surface area (Å²) in [6.07, 6.45) is -0.584. The minimum absolute atomic E-state index is 0.584. The Morgan fingerprint density at radius 3 is 2.29 bits per heavy atom. The molecule has 3 aromatic rings. The third-order valence-electron chi connectivity index (χ3n) is 3.42. The zero-order chi connectivity index (χ0) is 14.8. The predicted octanol–water partition coefficient (Wildman–Crippen LogP) is 5.34. The van der Waals surface area contributed by atoms with Crippen LogP contribution in [-0.4, -0.2) is 5.11 Å². The van der Waals surface area contributed by atoms with Gasteiger partial charge in [0.2, 0.25) is 0 Å². The molecule has 0 saturated heterocycles. The Morgan fingerprint density at radius 2 is 1.52 bits per heavy atom. The molecule has 0 radical (unpaired) electrons. The van der Waals surface area contributed by atoms with Gasteiger partial charge in [-0.25, -0.2) is 0 Å². The molecule has 0 aliphatic rings. The molecule has 0 aromatic heterocycles. The van der Waals surface area contributed by atoms with Crippen molar-refractivity contribution in [1.29, 1.82) is 0 Å². The lowest BCUT2D eigenvalue weighted by Gasteiger charge is -2.14. The van der Waals surface area contributed by atoms with Crippen molar-refractivity contribution in [3.05, 3.63) is 71.2 Å². The first-order valence-electron chi connectivity index (χ1n) is 6.79. The molecule has 0 saturated carbocycles. The first kappa shape index (κ1) is 13.9. The molecule has 106 valence electrons. The summed E-state index contributed by atoms with van der Waals surface area (Å²) < 4.78 is 6.02. The van der Waals surface area contributed by atoms with Crippen LogP contribution in [0, 0.1) is 0 Å². The van der Waals surface area contributed by atoms with Crippen LogP contribution in [-0.2, 0) is 0 Å². The van der Waals surface area contributed by atoms with Crippen molar-refractivity contribution in [2.45, 2.75) is 13.0 Å². The zero-order valence-electron chi connectivity index (χ0n) is 11.6. The minimum atomic E-state index is -0.584. The maximum atomic E-state index is 9.84. The number of para-hydroxylation sites is 1. The van der Waals surface area contributed by atoms with Gasteiger partial charge in [0.1, 0.15) is 11.5 Å². The quantitative estimate of drug-likeness (QED) is 0.707. The minimum Gasteiger partial charge on any atom is -0.456 e. The number of fused-ring (bicyclic) bond motifs is 1. The SMILES string of the molecule is CC(O)c1ccccc1Oc1ccc(Cl)c2ccccc12. The molecule has 3 heteroatoms. The Bertz CT molecular complexity index is 781. The first-order chi connectivity index (χ1) is 10.2. The van der Waals surface area contributed by atoms with Crippen molar-refractivity contribution in [2.75, 3.05) is 0 Å². The van der Waals surface area contributed by atoms with Crippen molar-refractivity contribution < 1.29 is 9.84 Å². The van der Waals surface area contributed by atoms with Crippen LogP contribution in [0.1, 0.15) is 18.6 Å². The number of aliphatic hydroxyl groups is 1. The molecule has 0 spiro atoms. The van der Waals surface area contributed by atoms with Crippen LogP contribution in [0.5, 0.6) is 11.5 Å². The second kappa shape index (κ2) is 5.76. The molecular weight excluding hydrogens is 284 g/mol. The molecule has 1 atom stereocenters. The molecule has 0 aliphatic carbocycles. The van der Waals surface area contributed by atoms with E-state index in [-0.39, 0.29) is 0 Å².